The Hall–Kier alpha value is 0.640. The minimum Gasteiger partial charge on any atom is -0.297 e. The topological polar surface area (TPSA) is 17.1 Å². The second-order valence-electron chi connectivity index (χ2n) is 2.95. The zero-order valence-corrected chi connectivity index (χ0v) is 11.7. The van der Waals surface area contributed by atoms with Gasteiger partial charge in [-0.3, -0.25) is 4.79 Å². The lowest BCUT2D eigenvalue weighted by molar-refractivity contribution is -0.117. The number of Topliss-reactive ketones (excluding diaryl/α,β-unsaturated/α-hetero) is 1. The normalized spacial score (nSPS) is 27.1. The van der Waals surface area contributed by atoms with Crippen molar-refractivity contribution in [2.24, 2.45) is 0 Å². The average molecular weight is 280 g/mol. The summed E-state index contributed by atoms with van der Waals surface area (Å²) >= 11 is 11.7. The van der Waals surface area contributed by atoms with Crippen molar-refractivity contribution >= 4 is 64.2 Å². The van der Waals surface area contributed by atoms with Crippen molar-refractivity contribution in [3.8, 4) is 0 Å². The molecule has 0 saturated carbocycles. The van der Waals surface area contributed by atoms with Gasteiger partial charge >= 0.3 is 0 Å². The monoisotopic (exact) mass is 280 g/mol. The molecule has 1 aliphatic rings. The lowest BCUT2D eigenvalue weighted by atomic mass is 10.2. The van der Waals surface area contributed by atoms with Gasteiger partial charge in [0.15, 0.2) is 5.78 Å². The van der Waals surface area contributed by atoms with Crippen molar-refractivity contribution < 1.29 is 4.79 Å². The summed E-state index contributed by atoms with van der Waals surface area (Å²) in [5.74, 6) is 0.335. The Labute approximate surface area is 104 Å². The van der Waals surface area contributed by atoms with Crippen molar-refractivity contribution in [3.63, 3.8) is 0 Å². The van der Waals surface area contributed by atoms with Crippen LogP contribution in [0.2, 0.25) is 0 Å². The van der Waals surface area contributed by atoms with Crippen molar-refractivity contribution in [1.29, 1.82) is 0 Å². The smallest absolute Gasteiger partial charge is 0.158 e. The lowest BCUT2D eigenvalue weighted by Gasteiger charge is -2.08. The van der Waals surface area contributed by atoms with E-state index < -0.39 is 0 Å². The number of thioether (sulfide) groups is 2. The van der Waals surface area contributed by atoms with E-state index >= 15 is 0 Å². The van der Waals surface area contributed by atoms with Crippen LogP contribution in [0.1, 0.15) is 13.8 Å². The molecule has 0 aliphatic carbocycles. The fraction of sp³-hybridized carbons (Fsp3) is 0.500. The molecule has 1 aromatic rings. The SMILES string of the molecule is C[C@@H]1Sc2sc(=S)sc2S[C@@H](C)C1=O. The van der Waals surface area contributed by atoms with Crippen LogP contribution in [0.5, 0.6) is 0 Å². The quantitative estimate of drug-likeness (QED) is 0.666. The number of hydrogen-bond acceptors (Lipinski definition) is 6. The molecule has 1 aromatic heterocycles. The summed E-state index contributed by atoms with van der Waals surface area (Å²) in [5, 5.41) is 0.137. The molecule has 0 radical (unpaired) electrons. The van der Waals surface area contributed by atoms with E-state index in [-0.39, 0.29) is 10.5 Å². The number of fused-ring (bicyclic) bond motifs is 1. The van der Waals surface area contributed by atoms with Gasteiger partial charge in [-0.25, -0.2) is 0 Å². The molecule has 6 heteroatoms. The fourth-order valence-corrected chi connectivity index (χ4v) is 7.83. The van der Waals surface area contributed by atoms with Gasteiger partial charge in [-0.1, -0.05) is 12.2 Å². The van der Waals surface area contributed by atoms with Crippen LogP contribution in [-0.4, -0.2) is 16.3 Å². The fourth-order valence-electron chi connectivity index (χ4n) is 1.17. The molecule has 0 fully saturated rings. The Balaban J connectivity index is 2.42. The van der Waals surface area contributed by atoms with Gasteiger partial charge in [0.2, 0.25) is 0 Å². The van der Waals surface area contributed by atoms with E-state index in [0.29, 0.717) is 5.78 Å². The number of carbonyl (C=O) groups is 1. The van der Waals surface area contributed by atoms with Crippen LogP contribution in [0.25, 0.3) is 0 Å². The van der Waals surface area contributed by atoms with Gasteiger partial charge in [0.05, 0.1) is 18.9 Å². The first-order valence-electron chi connectivity index (χ1n) is 4.09. The van der Waals surface area contributed by atoms with Crippen LogP contribution in [0.15, 0.2) is 8.42 Å². The summed E-state index contributed by atoms with van der Waals surface area (Å²) in [6, 6.07) is 0. The van der Waals surface area contributed by atoms with Gasteiger partial charge in [0, 0.05) is 0 Å². The summed E-state index contributed by atoms with van der Waals surface area (Å²) in [7, 11) is 0. The minimum atomic E-state index is 0.0685. The third kappa shape index (κ3) is 2.09. The summed E-state index contributed by atoms with van der Waals surface area (Å²) in [5.41, 5.74) is 0. The standard InChI is InChI=1S/C8H8OS5/c1-3-5(9)4(2)12-7-6(11-3)13-8(10)14-7/h3-4H,1-2H3/t3-,4-/m0/s1. The molecule has 14 heavy (non-hydrogen) atoms. The van der Waals surface area contributed by atoms with E-state index in [9.17, 15) is 4.79 Å². The molecule has 0 bridgehead atoms. The van der Waals surface area contributed by atoms with E-state index in [4.69, 9.17) is 12.2 Å². The molecule has 0 N–H and O–H groups in total. The average Bonchev–Trinajstić information content (AvgIpc) is 2.40. The third-order valence-corrected chi connectivity index (χ3v) is 7.60. The molecule has 2 rings (SSSR count). The first-order chi connectivity index (χ1) is 6.58. The maximum absolute atomic E-state index is 11.7. The van der Waals surface area contributed by atoms with E-state index in [2.05, 4.69) is 0 Å². The summed E-state index contributed by atoms with van der Waals surface area (Å²) in [6.07, 6.45) is 0. The second-order valence-corrected chi connectivity index (χ2v) is 9.40. The largest absolute Gasteiger partial charge is 0.297 e. The molecule has 76 valence electrons. The van der Waals surface area contributed by atoms with Gasteiger partial charge < -0.3 is 0 Å². The van der Waals surface area contributed by atoms with Crippen molar-refractivity contribution in [2.75, 3.05) is 0 Å². The van der Waals surface area contributed by atoms with E-state index in [0.717, 1.165) is 3.14 Å². The maximum Gasteiger partial charge on any atom is 0.158 e. The Morgan fingerprint density at radius 1 is 1.07 bits per heavy atom. The molecule has 0 saturated heterocycles. The van der Waals surface area contributed by atoms with E-state index in [1.807, 2.05) is 13.8 Å². The van der Waals surface area contributed by atoms with Crippen LogP contribution in [0.4, 0.5) is 0 Å². The predicted octanol–water partition coefficient (Wildman–Crippen LogP) is 4.08. The van der Waals surface area contributed by atoms with Crippen molar-refractivity contribution in [2.45, 2.75) is 32.8 Å². The molecule has 2 heterocycles. The minimum absolute atomic E-state index is 0.0685. The van der Waals surface area contributed by atoms with Gasteiger partial charge in [-0.05, 0) is 13.8 Å². The Kier molecular flexibility index (Phi) is 3.38. The molecule has 0 aromatic carbocycles. The highest BCUT2D eigenvalue weighted by Gasteiger charge is 2.28. The second kappa shape index (κ2) is 4.25. The van der Waals surface area contributed by atoms with Crippen LogP contribution < -0.4 is 0 Å². The highest BCUT2D eigenvalue weighted by molar-refractivity contribution is 8.07. The number of ketones is 1. The summed E-state index contributed by atoms with van der Waals surface area (Å²) < 4.78 is 3.43. The molecule has 0 unspecified atom stereocenters. The highest BCUT2D eigenvalue weighted by Crippen LogP contribution is 2.47. The zero-order chi connectivity index (χ0) is 10.3. The van der Waals surface area contributed by atoms with E-state index in [1.54, 1.807) is 46.2 Å². The maximum atomic E-state index is 11.7. The lowest BCUT2D eigenvalue weighted by Crippen LogP contribution is -2.21. The summed E-state index contributed by atoms with van der Waals surface area (Å²) in [4.78, 5) is 11.7. The number of rotatable bonds is 0. The Bertz CT molecular complexity index is 383. The molecule has 0 spiro atoms. The number of hydrogen-bond donors (Lipinski definition) is 0. The van der Waals surface area contributed by atoms with E-state index in [1.165, 1.54) is 8.42 Å². The van der Waals surface area contributed by atoms with Crippen LogP contribution in [0.3, 0.4) is 0 Å². The Morgan fingerprint density at radius 2 is 1.50 bits per heavy atom. The predicted molar refractivity (Wildman–Crippen MR) is 68.7 cm³/mol. The highest BCUT2D eigenvalue weighted by atomic mass is 32.2. The number of carbonyl (C=O) groups excluding carboxylic acids is 1. The van der Waals surface area contributed by atoms with Crippen LogP contribution in [-0.2, 0) is 4.79 Å². The van der Waals surface area contributed by atoms with Gasteiger partial charge in [0.1, 0.15) is 3.14 Å². The molecule has 0 amide bonds. The molecular formula is C8H8OS5. The van der Waals surface area contributed by atoms with Crippen LogP contribution >= 0.6 is 58.4 Å². The molecule has 2 atom stereocenters. The van der Waals surface area contributed by atoms with Gasteiger partial charge in [-0.2, -0.15) is 0 Å². The molecular weight excluding hydrogens is 272 g/mol. The molecule has 1 aliphatic heterocycles. The third-order valence-electron chi connectivity index (χ3n) is 1.89. The first-order valence-corrected chi connectivity index (χ1v) is 7.89. The van der Waals surface area contributed by atoms with Crippen molar-refractivity contribution in [3.05, 3.63) is 3.14 Å². The van der Waals surface area contributed by atoms with Gasteiger partial charge in [0.25, 0.3) is 0 Å². The van der Waals surface area contributed by atoms with Crippen molar-refractivity contribution in [1.82, 2.24) is 0 Å². The summed E-state index contributed by atoms with van der Waals surface area (Å²) in [6.45, 7) is 3.96. The zero-order valence-electron chi connectivity index (χ0n) is 7.60. The van der Waals surface area contributed by atoms with Gasteiger partial charge in [-0.15, -0.1) is 46.2 Å². The molecule has 1 nitrogen and oxygen atoms in total. The first kappa shape index (κ1) is 11.1. The Morgan fingerprint density at radius 3 is 1.93 bits per heavy atom. The van der Waals surface area contributed by atoms with Crippen LogP contribution in [0, 0.1) is 3.14 Å².